The highest BCUT2D eigenvalue weighted by atomic mass is 16.8. The maximum absolute atomic E-state index is 16.5. The van der Waals surface area contributed by atoms with Crippen LogP contribution in [-0.4, -0.2) is 439 Å². The molecule has 8 heterocycles. The fourth-order valence-electron chi connectivity index (χ4n) is 24.1. The Hall–Kier alpha value is -4.19. The van der Waals surface area contributed by atoms with Gasteiger partial charge >= 0.3 is 23.9 Å². The van der Waals surface area contributed by atoms with Gasteiger partial charge in [0.25, 0.3) is 0 Å². The van der Waals surface area contributed by atoms with E-state index >= 15 is 4.79 Å². The van der Waals surface area contributed by atoms with Crippen LogP contribution in [0.5, 0.6) is 0 Å². The van der Waals surface area contributed by atoms with Crippen molar-refractivity contribution in [3.05, 3.63) is 11.6 Å². The van der Waals surface area contributed by atoms with Crippen LogP contribution >= 0.6 is 0 Å². The number of hydrogen-bond acceptors (Lipinski definition) is 45. The molecule has 0 radical (unpaired) electrons. The predicted octanol–water partition coefficient (Wildman–Crippen LogP) is -5.68. The van der Waals surface area contributed by atoms with E-state index in [4.69, 9.17) is 85.3 Å². The lowest BCUT2D eigenvalue weighted by atomic mass is 9.33. The summed E-state index contributed by atoms with van der Waals surface area (Å²) in [6.07, 6.45) is -64.9. The Labute approximate surface area is 797 Å². The van der Waals surface area contributed by atoms with Gasteiger partial charge in [-0.3, -0.25) is 14.4 Å². The van der Waals surface area contributed by atoms with Crippen molar-refractivity contribution in [2.45, 2.75) is 424 Å². The minimum atomic E-state index is -2.27. The Bertz CT molecular complexity index is 4120. The highest BCUT2D eigenvalue weighted by Gasteiger charge is 2.74. The summed E-state index contributed by atoms with van der Waals surface area (Å²) in [5.74, 6) is -9.80. The van der Waals surface area contributed by atoms with E-state index in [1.807, 2.05) is 27.7 Å². The Morgan fingerprint density at radius 2 is 1.09 bits per heavy atom. The summed E-state index contributed by atoms with van der Waals surface area (Å²) in [5, 5.41) is 257. The second-order valence-corrected chi connectivity index (χ2v) is 42.7. The van der Waals surface area contributed by atoms with Gasteiger partial charge in [-0.1, -0.05) is 93.7 Å². The molecule has 23 unspecified atom stereocenters. The zero-order chi connectivity index (χ0) is 101. The molecule has 4 saturated carbocycles. The van der Waals surface area contributed by atoms with Crippen LogP contribution in [0.15, 0.2) is 11.6 Å². The summed E-state index contributed by atoms with van der Waals surface area (Å²) in [6.45, 7) is 16.9. The molecule has 0 bridgehead atoms. The number of aliphatic hydroxyl groups excluding tert-OH is 20. The Balaban J connectivity index is 0.764. The molecule has 0 amide bonds. The minimum Gasteiger partial charge on any atom is -0.479 e. The number of esters is 3. The monoisotopic (exact) mass is 1990 g/mol. The van der Waals surface area contributed by atoms with E-state index in [-0.39, 0.29) is 43.9 Å². The van der Waals surface area contributed by atoms with Gasteiger partial charge in [0.15, 0.2) is 56.1 Å². The smallest absolute Gasteiger partial charge is 0.335 e. The number of aldehydes is 1. The zero-order valence-corrected chi connectivity index (χ0v) is 79.7. The van der Waals surface area contributed by atoms with Crippen molar-refractivity contribution in [2.75, 3.05) is 46.2 Å². The molecule has 0 spiro atoms. The highest BCUT2D eigenvalue weighted by Crippen LogP contribution is 2.76. The fraction of sp³-hybridized carbons (Fsp3) is 0.924. The summed E-state index contributed by atoms with van der Waals surface area (Å²) in [5.41, 5.74) is -7.80. The quantitative estimate of drug-likeness (QED) is 0.00702. The second-order valence-electron chi connectivity index (χ2n) is 42.7. The number of ether oxygens (including phenoxy) is 18. The van der Waals surface area contributed by atoms with Crippen molar-refractivity contribution in [1.29, 1.82) is 0 Å². The SMILES string of the molecule is CC[C@H](C)[C@H](C[C@H](O)CC(=O)OC1C(O[C@@H]2OC(C)[C@H](O[C@H]3OCC(O)[C@H](O[C@@H]4OCC(O)(CO)C4O)C3O)C(O)C2O)[C@H](OC(=O)[C@]23CCC(C)(C)CC2C2=CCC4[C@@]5(C)CC[C@H](O[C@@H]6OC(C(=O)O)[C@H](O)C(O[C@@H]7OC[C@@H](O)C(O)C7O)C6O[C@@H]6OC(CO)[C@H](O)C(O)C6O)[C@@](C)(C=O)C5CC[C@@]4(C)[C@]2(C)C[C@H]3O)OC(C)[C@H]1O)OC(=O)C[C@@H](O)C[C@H](OC1(O)CO[C@@H](CO)C1O)[C@@H](C)CC. The average molecular weight is 1990 g/mol. The van der Waals surface area contributed by atoms with Gasteiger partial charge in [0.2, 0.25) is 12.1 Å². The number of fused-ring (bicyclic) bond motifs is 7. The number of hydrogen-bond donors (Lipinski definition) is 23. The number of aliphatic carboxylic acids is 1. The molecule has 13 rings (SSSR count). The van der Waals surface area contributed by atoms with E-state index in [2.05, 4.69) is 19.9 Å². The Morgan fingerprint density at radius 1 is 0.514 bits per heavy atom. The van der Waals surface area contributed by atoms with Crippen molar-refractivity contribution < 1.29 is 227 Å². The molecule has 5 aliphatic carbocycles. The number of carbonyl (C=O) groups is 5. The molecule has 792 valence electrons. The fourth-order valence-corrected chi connectivity index (χ4v) is 24.1. The molecule has 13 aliphatic rings. The van der Waals surface area contributed by atoms with Crippen LogP contribution in [0.2, 0.25) is 0 Å². The van der Waals surface area contributed by atoms with Gasteiger partial charge in [0.05, 0.1) is 101 Å². The van der Waals surface area contributed by atoms with E-state index in [0.29, 0.717) is 44.9 Å². The van der Waals surface area contributed by atoms with Gasteiger partial charge in [-0.15, -0.1) is 0 Å². The predicted molar refractivity (Wildman–Crippen MR) is 458 cm³/mol. The summed E-state index contributed by atoms with van der Waals surface area (Å²) < 4.78 is 108. The van der Waals surface area contributed by atoms with Gasteiger partial charge in [0.1, 0.15) is 152 Å². The zero-order valence-electron chi connectivity index (χ0n) is 79.7. The number of carboxylic acids is 1. The summed E-state index contributed by atoms with van der Waals surface area (Å²) in [7, 11) is 0. The van der Waals surface area contributed by atoms with Crippen molar-refractivity contribution in [2.24, 2.45) is 62.1 Å². The highest BCUT2D eigenvalue weighted by molar-refractivity contribution is 5.80. The van der Waals surface area contributed by atoms with Crippen molar-refractivity contribution in [3.8, 4) is 0 Å². The summed E-state index contributed by atoms with van der Waals surface area (Å²) in [4.78, 5) is 72.7. The van der Waals surface area contributed by atoms with Gasteiger partial charge in [-0.25, -0.2) is 4.79 Å². The van der Waals surface area contributed by atoms with Crippen LogP contribution in [0, 0.1) is 62.1 Å². The first-order chi connectivity index (χ1) is 64.7. The number of allylic oxidation sites excluding steroid dienone is 2. The van der Waals surface area contributed by atoms with Crippen LogP contribution in [0.1, 0.15) is 179 Å². The maximum atomic E-state index is 16.5. The Kier molecular flexibility index (Phi) is 35.1. The van der Waals surface area contributed by atoms with Crippen LogP contribution in [-0.2, 0) is 109 Å². The first-order valence-electron chi connectivity index (χ1n) is 48.3. The average Bonchev–Trinajstić information content (AvgIpc) is 0.890. The van der Waals surface area contributed by atoms with Crippen LogP contribution in [0.25, 0.3) is 0 Å². The van der Waals surface area contributed by atoms with E-state index in [0.717, 1.165) is 11.9 Å². The van der Waals surface area contributed by atoms with E-state index < -0.39 is 384 Å². The second kappa shape index (κ2) is 43.7. The first-order valence-corrected chi connectivity index (χ1v) is 48.3. The van der Waals surface area contributed by atoms with Gasteiger partial charge < -0.3 is 208 Å². The molecule has 0 aromatic carbocycles. The molecule has 12 fully saturated rings. The molecule has 138 heavy (non-hydrogen) atoms. The maximum Gasteiger partial charge on any atom is 0.335 e. The van der Waals surface area contributed by atoms with E-state index in [9.17, 15) is 137 Å². The number of carbonyl (C=O) groups excluding carboxylic acids is 4. The number of aliphatic hydroxyl groups is 22. The molecule has 8 saturated heterocycles. The third kappa shape index (κ3) is 21.2. The third-order valence-corrected chi connectivity index (χ3v) is 33.3. The molecule has 50 atom stereocenters. The molecular weight excluding hydrogens is 1840 g/mol. The molecule has 46 nitrogen and oxygen atoms in total. The van der Waals surface area contributed by atoms with Crippen LogP contribution in [0.3, 0.4) is 0 Å². The molecular formula is C92H148O46. The lowest BCUT2D eigenvalue weighted by Crippen LogP contribution is -2.69. The molecule has 46 heteroatoms. The largest absolute Gasteiger partial charge is 0.479 e. The molecule has 0 aromatic rings. The topological polar surface area (TPSA) is 717 Å². The van der Waals surface area contributed by atoms with Gasteiger partial charge in [-0.2, -0.15) is 0 Å². The number of carboxylic acid groups (broad SMARTS) is 1. The van der Waals surface area contributed by atoms with Crippen molar-refractivity contribution >= 4 is 30.2 Å². The standard InChI is InChI=1S/C92H148O46/c1-13-37(3)47(127-55(102)25-42(98)24-48(38(4)14-2)138-92(120)36-123-50(30-94)74(92)114)23-41(97)26-56(103)130-69-57(104)39(5)125-81(72(69)135-79-64(111)61(108)67(40(6)126-79)131-78-66(113)68(46(100)32-122-78)132-83-75(115)90(119,34-96)35-124-83)137-84(118)91-22-21-85(7,8)27-44(91)43-15-16-52-86(9)19-18-54(87(10,33-95)51(86)17-20-88(52,11)89(43,12)28-53(91)101)129-82-73(136-80-63(110)60(107)59(106)49(29-93)128-80)70(65(112)71(134-82)76(116)117)133-77-62(109)58(105)45(99)31-121-77/h15,33,37-42,44-54,57-75,77-83,93-94,96-101,104-115,119-120H,13-14,16-32,34-36H2,1-12H3,(H,116,117)/t37-,38-,39?,40?,41-,42-,44?,45+,46?,47-,48-,49?,50-,51?,52?,53+,54-,57+,58?,59-,60?,61?,62?,63?,64?,65+,66?,67-,68-,69?,70?,71?,72?,73?,74?,75?,77-,78+,79-,80-,81-,82+,83-,86-,87-,88+,89+,90?,91+,92?/m0/s1. The van der Waals surface area contributed by atoms with Crippen molar-refractivity contribution in [1.82, 2.24) is 0 Å². The van der Waals surface area contributed by atoms with Gasteiger partial charge in [-0.05, 0) is 123 Å². The molecule has 8 aliphatic heterocycles. The minimum absolute atomic E-state index is 0.00283. The summed E-state index contributed by atoms with van der Waals surface area (Å²) in [6, 6.07) is 0. The lowest BCUT2D eigenvalue weighted by molar-refractivity contribution is -0.391. The Morgan fingerprint density at radius 3 is 1.72 bits per heavy atom. The van der Waals surface area contributed by atoms with Crippen molar-refractivity contribution in [3.63, 3.8) is 0 Å². The number of rotatable bonds is 35. The van der Waals surface area contributed by atoms with Crippen LogP contribution in [0.4, 0.5) is 0 Å². The summed E-state index contributed by atoms with van der Waals surface area (Å²) >= 11 is 0. The lowest BCUT2D eigenvalue weighted by Gasteiger charge is -2.71. The normalized spacial score (nSPS) is 48.7. The molecule has 23 N–H and O–H groups in total. The van der Waals surface area contributed by atoms with Crippen LogP contribution < -0.4 is 0 Å². The third-order valence-electron chi connectivity index (χ3n) is 33.3. The first kappa shape index (κ1) is 111. The molecule has 0 aromatic heterocycles. The van der Waals surface area contributed by atoms with Gasteiger partial charge in [0, 0.05) is 12.8 Å². The van der Waals surface area contributed by atoms with E-state index in [1.165, 1.54) is 13.8 Å². The van der Waals surface area contributed by atoms with E-state index in [1.54, 1.807) is 27.7 Å².